The van der Waals surface area contributed by atoms with Crippen LogP contribution in [0.2, 0.25) is 0 Å². The lowest BCUT2D eigenvalue weighted by molar-refractivity contribution is 0.0950. The third kappa shape index (κ3) is 2.35. The number of benzene rings is 1. The first-order chi connectivity index (χ1) is 8.83. The van der Waals surface area contributed by atoms with E-state index in [1.54, 1.807) is 0 Å². The van der Waals surface area contributed by atoms with E-state index in [9.17, 15) is 4.79 Å². The van der Waals surface area contributed by atoms with Gasteiger partial charge in [0.1, 0.15) is 0 Å². The Balaban J connectivity index is 1.68. The molecule has 0 amide bonds. The minimum atomic E-state index is 0.236. The Hall–Kier alpha value is -1.51. The summed E-state index contributed by atoms with van der Waals surface area (Å²) in [4.78, 5) is 12.2. The molecule has 2 aliphatic rings. The van der Waals surface area contributed by atoms with Crippen LogP contribution in [0.1, 0.15) is 48.9 Å². The van der Waals surface area contributed by atoms with E-state index in [0.29, 0.717) is 18.1 Å². The standard InChI is InChI=1S/C15H18O3/c16-13(8-11-4-2-1-3-5-11)12-6-7-14-15(9-12)18-10-17-14/h6-7,9,11H,1-5,8,10H2. The molecule has 1 aliphatic heterocycles. The highest BCUT2D eigenvalue weighted by molar-refractivity contribution is 5.96. The van der Waals surface area contributed by atoms with Crippen molar-refractivity contribution in [1.82, 2.24) is 0 Å². The highest BCUT2D eigenvalue weighted by atomic mass is 16.7. The molecule has 3 heteroatoms. The Morgan fingerprint density at radius 1 is 1.11 bits per heavy atom. The third-order valence-corrected chi connectivity index (χ3v) is 3.89. The quantitative estimate of drug-likeness (QED) is 0.765. The van der Waals surface area contributed by atoms with E-state index in [1.807, 2.05) is 18.2 Å². The van der Waals surface area contributed by atoms with Crippen LogP contribution in [-0.4, -0.2) is 12.6 Å². The summed E-state index contributed by atoms with van der Waals surface area (Å²) in [5.74, 6) is 2.26. The summed E-state index contributed by atoms with van der Waals surface area (Å²) in [6, 6.07) is 5.49. The maximum absolute atomic E-state index is 12.2. The van der Waals surface area contributed by atoms with Crippen molar-refractivity contribution >= 4 is 5.78 Å². The molecule has 1 fully saturated rings. The van der Waals surface area contributed by atoms with Gasteiger partial charge in [0, 0.05) is 12.0 Å². The van der Waals surface area contributed by atoms with Gasteiger partial charge in [-0.3, -0.25) is 4.79 Å². The first kappa shape index (κ1) is 11.6. The largest absolute Gasteiger partial charge is 0.454 e. The minimum absolute atomic E-state index is 0.236. The lowest BCUT2D eigenvalue weighted by Crippen LogP contribution is -2.12. The number of fused-ring (bicyclic) bond motifs is 1. The summed E-state index contributed by atoms with van der Waals surface area (Å²) in [6.45, 7) is 0.260. The van der Waals surface area contributed by atoms with E-state index < -0.39 is 0 Å². The minimum Gasteiger partial charge on any atom is -0.454 e. The zero-order valence-electron chi connectivity index (χ0n) is 10.5. The highest BCUT2D eigenvalue weighted by Crippen LogP contribution is 2.34. The van der Waals surface area contributed by atoms with Crippen LogP contribution < -0.4 is 9.47 Å². The first-order valence-corrected chi connectivity index (χ1v) is 6.76. The number of carbonyl (C=O) groups excluding carboxylic acids is 1. The molecule has 18 heavy (non-hydrogen) atoms. The highest BCUT2D eigenvalue weighted by Gasteiger charge is 2.20. The number of carbonyl (C=O) groups is 1. The number of hydrogen-bond donors (Lipinski definition) is 0. The number of rotatable bonds is 3. The summed E-state index contributed by atoms with van der Waals surface area (Å²) >= 11 is 0. The molecular formula is C15H18O3. The lowest BCUT2D eigenvalue weighted by atomic mass is 9.85. The lowest BCUT2D eigenvalue weighted by Gasteiger charge is -2.20. The van der Waals surface area contributed by atoms with Crippen LogP contribution in [0.3, 0.4) is 0 Å². The molecule has 0 N–H and O–H groups in total. The number of hydrogen-bond acceptors (Lipinski definition) is 3. The van der Waals surface area contributed by atoms with Crippen LogP contribution in [0.15, 0.2) is 18.2 Å². The van der Waals surface area contributed by atoms with Gasteiger partial charge in [0.15, 0.2) is 17.3 Å². The molecule has 3 rings (SSSR count). The maximum atomic E-state index is 12.2. The van der Waals surface area contributed by atoms with Crippen molar-refractivity contribution in [3.63, 3.8) is 0 Å². The van der Waals surface area contributed by atoms with Crippen molar-refractivity contribution < 1.29 is 14.3 Å². The van der Waals surface area contributed by atoms with Crippen LogP contribution in [0.5, 0.6) is 11.5 Å². The van der Waals surface area contributed by atoms with Gasteiger partial charge < -0.3 is 9.47 Å². The van der Waals surface area contributed by atoms with Crippen LogP contribution in [-0.2, 0) is 0 Å². The van der Waals surface area contributed by atoms with Crippen molar-refractivity contribution in [3.8, 4) is 11.5 Å². The van der Waals surface area contributed by atoms with Crippen LogP contribution >= 0.6 is 0 Å². The predicted molar refractivity (Wildman–Crippen MR) is 68.1 cm³/mol. The summed E-state index contributed by atoms with van der Waals surface area (Å²) in [6.07, 6.45) is 6.97. The average Bonchev–Trinajstić information content (AvgIpc) is 2.87. The van der Waals surface area contributed by atoms with E-state index in [0.717, 1.165) is 11.3 Å². The van der Waals surface area contributed by atoms with Gasteiger partial charge in [-0.25, -0.2) is 0 Å². The van der Waals surface area contributed by atoms with Gasteiger partial charge >= 0.3 is 0 Å². The van der Waals surface area contributed by atoms with Gasteiger partial charge in [-0.05, 0) is 24.1 Å². The van der Waals surface area contributed by atoms with Gasteiger partial charge in [0.05, 0.1) is 0 Å². The molecule has 0 atom stereocenters. The molecule has 1 aromatic carbocycles. The molecule has 1 heterocycles. The molecule has 96 valence electrons. The number of ketones is 1. The molecule has 1 saturated carbocycles. The second-order valence-electron chi connectivity index (χ2n) is 5.20. The van der Waals surface area contributed by atoms with Crippen LogP contribution in [0.4, 0.5) is 0 Å². The zero-order chi connectivity index (χ0) is 12.4. The maximum Gasteiger partial charge on any atom is 0.231 e. The van der Waals surface area contributed by atoms with Gasteiger partial charge in [-0.2, -0.15) is 0 Å². The molecule has 0 aromatic heterocycles. The van der Waals surface area contributed by atoms with Gasteiger partial charge in [0.2, 0.25) is 6.79 Å². The fourth-order valence-electron chi connectivity index (χ4n) is 2.84. The summed E-state index contributed by atoms with van der Waals surface area (Å²) < 4.78 is 10.6. The fourth-order valence-corrected chi connectivity index (χ4v) is 2.84. The van der Waals surface area contributed by atoms with E-state index in [1.165, 1.54) is 32.1 Å². The van der Waals surface area contributed by atoms with E-state index in [-0.39, 0.29) is 12.6 Å². The molecule has 0 spiro atoms. The molecular weight excluding hydrogens is 228 g/mol. The zero-order valence-corrected chi connectivity index (χ0v) is 10.5. The van der Waals surface area contributed by atoms with Crippen molar-refractivity contribution in [1.29, 1.82) is 0 Å². The molecule has 0 radical (unpaired) electrons. The van der Waals surface area contributed by atoms with Crippen LogP contribution in [0, 0.1) is 5.92 Å². The Morgan fingerprint density at radius 2 is 1.89 bits per heavy atom. The average molecular weight is 246 g/mol. The molecule has 0 bridgehead atoms. The molecule has 3 nitrogen and oxygen atoms in total. The second kappa shape index (κ2) is 5.01. The molecule has 0 saturated heterocycles. The predicted octanol–water partition coefficient (Wildman–Crippen LogP) is 3.57. The SMILES string of the molecule is O=C(CC1CCCCC1)c1ccc2c(c1)OCO2. The Bertz CT molecular complexity index is 447. The monoisotopic (exact) mass is 246 g/mol. The topological polar surface area (TPSA) is 35.5 Å². The Labute approximate surface area is 107 Å². The van der Waals surface area contributed by atoms with Crippen LogP contribution in [0.25, 0.3) is 0 Å². The van der Waals surface area contributed by atoms with Crippen molar-refractivity contribution in [3.05, 3.63) is 23.8 Å². The first-order valence-electron chi connectivity index (χ1n) is 6.76. The number of Topliss-reactive ketones (excluding diaryl/α,β-unsaturated/α-hetero) is 1. The summed E-state index contributed by atoms with van der Waals surface area (Å²) in [5.41, 5.74) is 0.754. The smallest absolute Gasteiger partial charge is 0.231 e. The van der Waals surface area contributed by atoms with Crippen molar-refractivity contribution in [2.45, 2.75) is 38.5 Å². The normalized spacial score (nSPS) is 18.9. The Kier molecular flexibility index (Phi) is 3.22. The molecule has 1 aromatic rings. The van der Waals surface area contributed by atoms with E-state index in [2.05, 4.69) is 0 Å². The third-order valence-electron chi connectivity index (χ3n) is 3.89. The Morgan fingerprint density at radius 3 is 2.72 bits per heavy atom. The van der Waals surface area contributed by atoms with Gasteiger partial charge in [-0.1, -0.05) is 32.1 Å². The van der Waals surface area contributed by atoms with Crippen molar-refractivity contribution in [2.75, 3.05) is 6.79 Å². The summed E-state index contributed by atoms with van der Waals surface area (Å²) in [5, 5.41) is 0. The van der Waals surface area contributed by atoms with Gasteiger partial charge in [0.25, 0.3) is 0 Å². The number of ether oxygens (including phenoxy) is 2. The van der Waals surface area contributed by atoms with E-state index in [4.69, 9.17) is 9.47 Å². The van der Waals surface area contributed by atoms with Crippen molar-refractivity contribution in [2.24, 2.45) is 5.92 Å². The van der Waals surface area contributed by atoms with E-state index >= 15 is 0 Å². The van der Waals surface area contributed by atoms with Gasteiger partial charge in [-0.15, -0.1) is 0 Å². The second-order valence-corrected chi connectivity index (χ2v) is 5.20. The molecule has 1 aliphatic carbocycles. The summed E-state index contributed by atoms with van der Waals surface area (Å²) in [7, 11) is 0. The fraction of sp³-hybridized carbons (Fsp3) is 0.533. The molecule has 0 unspecified atom stereocenters.